The van der Waals surface area contributed by atoms with Crippen molar-refractivity contribution in [3.63, 3.8) is 0 Å². The highest BCUT2D eigenvalue weighted by atomic mass is 35.5. The molecule has 2 heterocycles. The molecule has 4 rings (SSSR count). The maximum atomic E-state index is 5.90. The molecular weight excluding hydrogens is 322 g/mol. The number of ether oxygens (including phenoxy) is 1. The molecule has 1 aliphatic rings. The second-order valence-corrected chi connectivity index (χ2v) is 6.32. The molecule has 4 nitrogen and oxygen atoms in total. The third-order valence-electron chi connectivity index (χ3n) is 4.13. The topological polar surface area (TPSA) is 49.9 Å². The minimum Gasteiger partial charge on any atom is -0.489 e. The van der Waals surface area contributed by atoms with Crippen molar-refractivity contribution in [3.05, 3.63) is 70.5 Å². The molecule has 1 aliphatic heterocycles. The van der Waals surface area contributed by atoms with Gasteiger partial charge in [-0.2, -0.15) is 0 Å². The monoisotopic (exact) mass is 339 g/mol. The molecule has 0 amide bonds. The quantitative estimate of drug-likeness (QED) is 0.756. The standard InChI is InChI=1S/C19H18ClN3O/c20-15-6-4-13(5-7-15)12-24-16-3-1-2-14(10-16)19-22-17-8-9-21-11-18(17)23-19/h1-7,10,21H,8-9,11-12H2,(H,22,23). The number of aromatic amines is 1. The zero-order valence-corrected chi connectivity index (χ0v) is 13.9. The van der Waals surface area contributed by atoms with E-state index >= 15 is 0 Å². The van der Waals surface area contributed by atoms with Gasteiger partial charge in [-0.1, -0.05) is 35.9 Å². The van der Waals surface area contributed by atoms with Crippen molar-refractivity contribution < 1.29 is 4.74 Å². The largest absolute Gasteiger partial charge is 0.489 e. The lowest BCUT2D eigenvalue weighted by atomic mass is 10.2. The molecule has 0 radical (unpaired) electrons. The molecule has 24 heavy (non-hydrogen) atoms. The van der Waals surface area contributed by atoms with Crippen molar-refractivity contribution in [1.29, 1.82) is 0 Å². The Morgan fingerprint density at radius 1 is 1.12 bits per heavy atom. The number of halogens is 1. The van der Waals surface area contributed by atoms with Crippen molar-refractivity contribution in [2.24, 2.45) is 0 Å². The number of aromatic nitrogens is 2. The lowest BCUT2D eigenvalue weighted by Crippen LogP contribution is -2.23. The molecule has 0 fully saturated rings. The smallest absolute Gasteiger partial charge is 0.137 e. The Bertz CT molecular complexity index is 819. The maximum absolute atomic E-state index is 5.90. The van der Waals surface area contributed by atoms with Crippen LogP contribution >= 0.6 is 11.6 Å². The summed E-state index contributed by atoms with van der Waals surface area (Å²) in [6.07, 6.45) is 0.971. The number of H-pyrrole nitrogens is 1. The number of hydrogen-bond acceptors (Lipinski definition) is 3. The van der Waals surface area contributed by atoms with Gasteiger partial charge in [0.25, 0.3) is 0 Å². The molecule has 1 aromatic heterocycles. The molecule has 0 bridgehead atoms. The third-order valence-corrected chi connectivity index (χ3v) is 4.38. The Kier molecular flexibility index (Phi) is 4.24. The minimum atomic E-state index is 0.513. The summed E-state index contributed by atoms with van der Waals surface area (Å²) in [7, 11) is 0. The van der Waals surface area contributed by atoms with E-state index in [1.165, 1.54) is 5.69 Å². The fraction of sp³-hybridized carbons (Fsp3) is 0.211. The van der Waals surface area contributed by atoms with Crippen LogP contribution in [0, 0.1) is 0 Å². The molecule has 0 atom stereocenters. The number of nitrogens with one attached hydrogen (secondary N) is 2. The van der Waals surface area contributed by atoms with Crippen LogP contribution in [0.1, 0.15) is 17.0 Å². The summed E-state index contributed by atoms with van der Waals surface area (Å²) in [4.78, 5) is 8.14. The first-order valence-electron chi connectivity index (χ1n) is 8.04. The van der Waals surface area contributed by atoms with Crippen LogP contribution in [-0.4, -0.2) is 16.5 Å². The molecule has 0 unspecified atom stereocenters. The van der Waals surface area contributed by atoms with Gasteiger partial charge >= 0.3 is 0 Å². The molecule has 0 saturated carbocycles. The van der Waals surface area contributed by atoms with Crippen LogP contribution in [0.15, 0.2) is 48.5 Å². The van der Waals surface area contributed by atoms with E-state index in [1.54, 1.807) is 0 Å². The fourth-order valence-corrected chi connectivity index (χ4v) is 2.96. The molecule has 2 aromatic carbocycles. The van der Waals surface area contributed by atoms with Gasteiger partial charge < -0.3 is 15.0 Å². The first-order chi connectivity index (χ1) is 11.8. The lowest BCUT2D eigenvalue weighted by Gasteiger charge is -2.09. The van der Waals surface area contributed by atoms with E-state index in [1.807, 2.05) is 48.5 Å². The van der Waals surface area contributed by atoms with Gasteiger partial charge in [-0.15, -0.1) is 0 Å². The second kappa shape index (κ2) is 6.67. The van der Waals surface area contributed by atoms with Gasteiger partial charge in [0.1, 0.15) is 18.2 Å². The summed E-state index contributed by atoms with van der Waals surface area (Å²) < 4.78 is 5.90. The average Bonchev–Trinajstić information content (AvgIpc) is 3.06. The normalized spacial score (nSPS) is 13.5. The Balaban J connectivity index is 1.51. The zero-order valence-electron chi connectivity index (χ0n) is 13.2. The maximum Gasteiger partial charge on any atom is 0.137 e. The molecule has 0 spiro atoms. The van der Waals surface area contributed by atoms with Crippen LogP contribution in [-0.2, 0) is 19.6 Å². The summed E-state index contributed by atoms with van der Waals surface area (Å²) in [5, 5.41) is 4.09. The van der Waals surface area contributed by atoms with Gasteiger partial charge in [0, 0.05) is 30.1 Å². The SMILES string of the molecule is Clc1ccc(COc2cccc(-c3nc4c([nH]3)CNCC4)c2)cc1. The molecule has 5 heteroatoms. The molecule has 2 N–H and O–H groups in total. The van der Waals surface area contributed by atoms with E-state index in [-0.39, 0.29) is 0 Å². The van der Waals surface area contributed by atoms with Crippen LogP contribution in [0.4, 0.5) is 0 Å². The van der Waals surface area contributed by atoms with Crippen LogP contribution in [0.3, 0.4) is 0 Å². The summed E-state index contributed by atoms with van der Waals surface area (Å²) in [5.74, 6) is 1.73. The van der Waals surface area contributed by atoms with Gasteiger partial charge in [0.05, 0.1) is 11.4 Å². The van der Waals surface area contributed by atoms with Crippen molar-refractivity contribution in [3.8, 4) is 17.1 Å². The minimum absolute atomic E-state index is 0.513. The number of hydrogen-bond donors (Lipinski definition) is 2. The molecule has 3 aromatic rings. The van der Waals surface area contributed by atoms with Crippen LogP contribution in [0.2, 0.25) is 5.02 Å². The highest BCUT2D eigenvalue weighted by molar-refractivity contribution is 6.30. The Hall–Kier alpha value is -2.30. The lowest BCUT2D eigenvalue weighted by molar-refractivity contribution is 0.306. The predicted molar refractivity (Wildman–Crippen MR) is 95.2 cm³/mol. The van der Waals surface area contributed by atoms with Crippen molar-refractivity contribution in [1.82, 2.24) is 15.3 Å². The van der Waals surface area contributed by atoms with Crippen LogP contribution < -0.4 is 10.1 Å². The number of nitrogens with zero attached hydrogens (tertiary/aromatic N) is 1. The first-order valence-corrected chi connectivity index (χ1v) is 8.42. The van der Waals surface area contributed by atoms with E-state index < -0.39 is 0 Å². The van der Waals surface area contributed by atoms with Gasteiger partial charge in [-0.3, -0.25) is 0 Å². The van der Waals surface area contributed by atoms with Gasteiger partial charge in [-0.25, -0.2) is 4.98 Å². The van der Waals surface area contributed by atoms with Crippen molar-refractivity contribution in [2.45, 2.75) is 19.6 Å². The van der Waals surface area contributed by atoms with Gasteiger partial charge in [-0.05, 0) is 29.8 Å². The highest BCUT2D eigenvalue weighted by Crippen LogP contribution is 2.24. The number of rotatable bonds is 4. The van der Waals surface area contributed by atoms with Crippen LogP contribution in [0.25, 0.3) is 11.4 Å². The fourth-order valence-electron chi connectivity index (χ4n) is 2.84. The number of imidazole rings is 1. The molecule has 122 valence electrons. The van der Waals surface area contributed by atoms with E-state index in [4.69, 9.17) is 21.3 Å². The summed E-state index contributed by atoms with van der Waals surface area (Å²) >= 11 is 5.90. The van der Waals surface area contributed by atoms with E-state index in [2.05, 4.69) is 10.3 Å². The number of fused-ring (bicyclic) bond motifs is 1. The zero-order chi connectivity index (χ0) is 16.4. The Morgan fingerprint density at radius 3 is 2.83 bits per heavy atom. The summed E-state index contributed by atoms with van der Waals surface area (Å²) in [5.41, 5.74) is 4.47. The number of benzene rings is 2. The van der Waals surface area contributed by atoms with Gasteiger partial charge in [0.2, 0.25) is 0 Å². The van der Waals surface area contributed by atoms with Crippen molar-refractivity contribution >= 4 is 11.6 Å². The summed E-state index contributed by atoms with van der Waals surface area (Å²) in [6.45, 7) is 2.36. The van der Waals surface area contributed by atoms with Gasteiger partial charge in [0.15, 0.2) is 0 Å². The van der Waals surface area contributed by atoms with Crippen LogP contribution in [0.5, 0.6) is 5.75 Å². The second-order valence-electron chi connectivity index (χ2n) is 5.88. The Labute approximate surface area is 145 Å². The Morgan fingerprint density at radius 2 is 2.00 bits per heavy atom. The average molecular weight is 340 g/mol. The van der Waals surface area contributed by atoms with E-state index in [9.17, 15) is 0 Å². The predicted octanol–water partition coefficient (Wildman–Crippen LogP) is 3.95. The first kappa shape index (κ1) is 15.2. The molecule has 0 aliphatic carbocycles. The summed E-state index contributed by atoms with van der Waals surface area (Å²) in [6, 6.07) is 15.7. The molecule has 0 saturated heterocycles. The third kappa shape index (κ3) is 3.30. The molecular formula is C19H18ClN3O. The van der Waals surface area contributed by atoms with Crippen molar-refractivity contribution in [2.75, 3.05) is 6.54 Å². The van der Waals surface area contributed by atoms with E-state index in [0.717, 1.165) is 52.9 Å². The highest BCUT2D eigenvalue weighted by Gasteiger charge is 2.15. The van der Waals surface area contributed by atoms with E-state index in [0.29, 0.717) is 6.61 Å².